The van der Waals surface area contributed by atoms with Crippen molar-refractivity contribution in [2.75, 3.05) is 25.5 Å². The Hall–Kier alpha value is -2.14. The fourth-order valence-electron chi connectivity index (χ4n) is 2.03. The average molecular weight is 287 g/mol. The standard InChI is InChI=1S/C16H21N3O2/c1-11(14-8-17-9-14)16(21)18-15-6-4-5-13(7-15)10-19(3)12(2)20/h4-7,17H,8-10H2,1-3H3,(H,18,21). The smallest absolute Gasteiger partial charge is 0.251 e. The molecule has 0 spiro atoms. The van der Waals surface area contributed by atoms with Gasteiger partial charge in [-0.05, 0) is 30.2 Å². The van der Waals surface area contributed by atoms with E-state index in [0.717, 1.165) is 35.5 Å². The average Bonchev–Trinajstić information content (AvgIpc) is 2.36. The lowest BCUT2D eigenvalue weighted by molar-refractivity contribution is -0.128. The Morgan fingerprint density at radius 3 is 2.57 bits per heavy atom. The fourth-order valence-corrected chi connectivity index (χ4v) is 2.03. The summed E-state index contributed by atoms with van der Waals surface area (Å²) in [6.07, 6.45) is 0. The third-order valence-electron chi connectivity index (χ3n) is 3.69. The highest BCUT2D eigenvalue weighted by molar-refractivity contribution is 6.04. The molecule has 1 aliphatic heterocycles. The Labute approximate surface area is 125 Å². The molecule has 0 radical (unpaired) electrons. The van der Waals surface area contributed by atoms with Crippen LogP contribution in [0, 0.1) is 0 Å². The number of rotatable bonds is 4. The van der Waals surface area contributed by atoms with Gasteiger partial charge in [-0.25, -0.2) is 0 Å². The van der Waals surface area contributed by atoms with Crippen molar-refractivity contribution in [3.05, 3.63) is 41.0 Å². The van der Waals surface area contributed by atoms with Gasteiger partial charge in [0.1, 0.15) is 0 Å². The normalized spacial score (nSPS) is 13.4. The summed E-state index contributed by atoms with van der Waals surface area (Å²) in [5.74, 6) is -0.0499. The van der Waals surface area contributed by atoms with Crippen molar-refractivity contribution in [1.82, 2.24) is 10.2 Å². The molecule has 1 heterocycles. The van der Waals surface area contributed by atoms with Gasteiger partial charge in [-0.3, -0.25) is 9.59 Å². The quantitative estimate of drug-likeness (QED) is 0.826. The summed E-state index contributed by atoms with van der Waals surface area (Å²) in [4.78, 5) is 25.0. The molecule has 0 unspecified atom stereocenters. The number of anilines is 1. The second-order valence-corrected chi connectivity index (χ2v) is 5.36. The van der Waals surface area contributed by atoms with Gasteiger partial charge >= 0.3 is 0 Å². The number of carbonyl (C=O) groups is 2. The molecule has 2 rings (SSSR count). The van der Waals surface area contributed by atoms with Crippen LogP contribution in [0.4, 0.5) is 5.69 Å². The summed E-state index contributed by atoms with van der Waals surface area (Å²) in [7, 11) is 1.76. The van der Waals surface area contributed by atoms with E-state index in [1.54, 1.807) is 11.9 Å². The van der Waals surface area contributed by atoms with Crippen LogP contribution in [0.2, 0.25) is 0 Å². The zero-order valence-corrected chi connectivity index (χ0v) is 12.7. The molecule has 1 aromatic rings. The molecule has 21 heavy (non-hydrogen) atoms. The lowest BCUT2D eigenvalue weighted by Crippen LogP contribution is -2.36. The molecular formula is C16H21N3O2. The largest absolute Gasteiger partial charge is 0.342 e. The summed E-state index contributed by atoms with van der Waals surface area (Å²) in [5.41, 5.74) is 3.67. The van der Waals surface area contributed by atoms with Gasteiger partial charge in [0, 0.05) is 44.9 Å². The van der Waals surface area contributed by atoms with E-state index in [4.69, 9.17) is 0 Å². The Morgan fingerprint density at radius 2 is 2.00 bits per heavy atom. The summed E-state index contributed by atoms with van der Waals surface area (Å²) in [6, 6.07) is 7.57. The van der Waals surface area contributed by atoms with Crippen LogP contribution in [-0.4, -0.2) is 36.9 Å². The third kappa shape index (κ3) is 3.92. The molecule has 5 nitrogen and oxygen atoms in total. The van der Waals surface area contributed by atoms with E-state index in [2.05, 4.69) is 10.6 Å². The van der Waals surface area contributed by atoms with Gasteiger partial charge in [0.15, 0.2) is 0 Å². The van der Waals surface area contributed by atoms with E-state index in [9.17, 15) is 9.59 Å². The predicted molar refractivity (Wildman–Crippen MR) is 82.8 cm³/mol. The maximum atomic E-state index is 12.1. The Kier molecular flexibility index (Phi) is 4.75. The number of benzene rings is 1. The van der Waals surface area contributed by atoms with Gasteiger partial charge < -0.3 is 15.5 Å². The van der Waals surface area contributed by atoms with Crippen LogP contribution in [0.3, 0.4) is 0 Å². The molecule has 0 bridgehead atoms. The van der Waals surface area contributed by atoms with Gasteiger partial charge in [-0.1, -0.05) is 12.1 Å². The van der Waals surface area contributed by atoms with Gasteiger partial charge in [-0.2, -0.15) is 0 Å². The molecule has 2 amide bonds. The first-order valence-corrected chi connectivity index (χ1v) is 6.98. The zero-order chi connectivity index (χ0) is 15.4. The van der Waals surface area contributed by atoms with E-state index in [0.29, 0.717) is 6.54 Å². The van der Waals surface area contributed by atoms with Crippen molar-refractivity contribution in [1.29, 1.82) is 0 Å². The van der Waals surface area contributed by atoms with Crippen LogP contribution in [0.15, 0.2) is 35.4 Å². The molecule has 112 valence electrons. The molecule has 1 aromatic carbocycles. The highest BCUT2D eigenvalue weighted by Gasteiger charge is 2.16. The van der Waals surface area contributed by atoms with Crippen LogP contribution in [0.5, 0.6) is 0 Å². The highest BCUT2D eigenvalue weighted by Crippen LogP contribution is 2.15. The monoisotopic (exact) mass is 287 g/mol. The van der Waals surface area contributed by atoms with Crippen LogP contribution in [0.25, 0.3) is 0 Å². The highest BCUT2D eigenvalue weighted by atomic mass is 16.2. The maximum Gasteiger partial charge on any atom is 0.251 e. The van der Waals surface area contributed by atoms with Crippen molar-refractivity contribution in [3.8, 4) is 0 Å². The maximum absolute atomic E-state index is 12.1. The first-order chi connectivity index (χ1) is 9.97. The van der Waals surface area contributed by atoms with Crippen LogP contribution < -0.4 is 10.6 Å². The number of amides is 2. The summed E-state index contributed by atoms with van der Waals surface area (Å²) in [6.45, 7) is 5.50. The Balaban J connectivity index is 2.04. The van der Waals surface area contributed by atoms with Gasteiger partial charge in [0.05, 0.1) is 0 Å². The lowest BCUT2D eigenvalue weighted by Gasteiger charge is -2.21. The Bertz CT molecular complexity index is 587. The topological polar surface area (TPSA) is 61.4 Å². The lowest BCUT2D eigenvalue weighted by atomic mass is 10.0. The Morgan fingerprint density at radius 1 is 1.29 bits per heavy atom. The van der Waals surface area contributed by atoms with E-state index in [-0.39, 0.29) is 11.8 Å². The SMILES string of the molecule is CC(=O)N(C)Cc1cccc(NC(=O)C(C)=C2CNC2)c1. The fraction of sp³-hybridized carbons (Fsp3) is 0.375. The van der Waals surface area contributed by atoms with E-state index in [1.807, 2.05) is 31.2 Å². The molecule has 1 fully saturated rings. The van der Waals surface area contributed by atoms with E-state index >= 15 is 0 Å². The summed E-state index contributed by atoms with van der Waals surface area (Å²) < 4.78 is 0. The second kappa shape index (κ2) is 6.54. The van der Waals surface area contributed by atoms with E-state index < -0.39 is 0 Å². The third-order valence-corrected chi connectivity index (χ3v) is 3.69. The van der Waals surface area contributed by atoms with Crippen molar-refractivity contribution in [2.45, 2.75) is 20.4 Å². The number of hydrogen-bond acceptors (Lipinski definition) is 3. The minimum atomic E-state index is -0.0661. The molecule has 0 atom stereocenters. The van der Waals surface area contributed by atoms with Crippen LogP contribution in [0.1, 0.15) is 19.4 Å². The first-order valence-electron chi connectivity index (χ1n) is 6.98. The second-order valence-electron chi connectivity index (χ2n) is 5.36. The zero-order valence-electron chi connectivity index (χ0n) is 12.7. The van der Waals surface area contributed by atoms with Gasteiger partial charge in [-0.15, -0.1) is 0 Å². The molecule has 2 N–H and O–H groups in total. The number of carbonyl (C=O) groups excluding carboxylic acids is 2. The molecule has 1 aliphatic rings. The number of nitrogens with zero attached hydrogens (tertiary/aromatic N) is 1. The van der Waals surface area contributed by atoms with Crippen LogP contribution >= 0.6 is 0 Å². The molecule has 0 aromatic heterocycles. The molecule has 1 saturated heterocycles. The van der Waals surface area contributed by atoms with Crippen molar-refractivity contribution in [3.63, 3.8) is 0 Å². The molecule has 0 aliphatic carbocycles. The first kappa shape index (κ1) is 15.3. The molecule has 5 heteroatoms. The number of nitrogens with one attached hydrogen (secondary N) is 2. The van der Waals surface area contributed by atoms with E-state index in [1.165, 1.54) is 6.92 Å². The minimum Gasteiger partial charge on any atom is -0.342 e. The van der Waals surface area contributed by atoms with Crippen molar-refractivity contribution >= 4 is 17.5 Å². The van der Waals surface area contributed by atoms with Gasteiger partial charge in [0.2, 0.25) is 5.91 Å². The molecular weight excluding hydrogens is 266 g/mol. The minimum absolute atomic E-state index is 0.0162. The van der Waals surface area contributed by atoms with Crippen molar-refractivity contribution in [2.24, 2.45) is 0 Å². The molecule has 0 saturated carbocycles. The summed E-state index contributed by atoms with van der Waals surface area (Å²) >= 11 is 0. The van der Waals surface area contributed by atoms with Gasteiger partial charge in [0.25, 0.3) is 5.91 Å². The number of hydrogen-bond donors (Lipinski definition) is 2. The predicted octanol–water partition coefficient (Wildman–Crippen LogP) is 1.52. The van der Waals surface area contributed by atoms with Crippen LogP contribution in [-0.2, 0) is 16.1 Å². The van der Waals surface area contributed by atoms with Crippen molar-refractivity contribution < 1.29 is 9.59 Å². The summed E-state index contributed by atoms with van der Waals surface area (Å²) in [5, 5.41) is 6.03.